The number of benzene rings is 2. The van der Waals surface area contributed by atoms with E-state index in [4.69, 9.17) is 14.7 Å². The van der Waals surface area contributed by atoms with E-state index in [-0.39, 0.29) is 18.3 Å². The number of hydrogen-bond donors (Lipinski definition) is 2. The van der Waals surface area contributed by atoms with Crippen LogP contribution in [0.5, 0.6) is 17.2 Å². The molecule has 0 aliphatic heterocycles. The predicted molar refractivity (Wildman–Crippen MR) is 79.9 cm³/mol. The normalized spacial score (nSPS) is 9.64. The van der Waals surface area contributed by atoms with Crippen LogP contribution in [0, 0.1) is 11.3 Å². The Morgan fingerprint density at radius 2 is 2.00 bits per heavy atom. The molecule has 0 saturated carbocycles. The molecule has 0 aliphatic rings. The number of nitrogens with one attached hydrogen (secondary N) is 1. The maximum Gasteiger partial charge on any atom is 0.262 e. The average molecular weight is 298 g/mol. The van der Waals surface area contributed by atoms with Gasteiger partial charge in [0.05, 0.1) is 18.7 Å². The van der Waals surface area contributed by atoms with Crippen LogP contribution in [-0.4, -0.2) is 24.7 Å². The zero-order valence-electron chi connectivity index (χ0n) is 11.9. The first-order valence-electron chi connectivity index (χ1n) is 6.42. The molecule has 0 aromatic heterocycles. The summed E-state index contributed by atoms with van der Waals surface area (Å²) in [6.07, 6.45) is 0. The first-order chi connectivity index (χ1) is 10.6. The van der Waals surface area contributed by atoms with Crippen LogP contribution in [0.15, 0.2) is 42.5 Å². The molecule has 2 aromatic rings. The third kappa shape index (κ3) is 3.90. The number of anilines is 1. The third-order valence-electron chi connectivity index (χ3n) is 2.82. The van der Waals surface area contributed by atoms with Gasteiger partial charge in [0, 0.05) is 11.8 Å². The van der Waals surface area contributed by atoms with Crippen LogP contribution in [-0.2, 0) is 4.79 Å². The number of nitriles is 1. The topological polar surface area (TPSA) is 91.6 Å². The highest BCUT2D eigenvalue weighted by molar-refractivity contribution is 5.92. The molecule has 0 spiro atoms. The monoisotopic (exact) mass is 298 g/mol. The summed E-state index contributed by atoms with van der Waals surface area (Å²) in [5.41, 5.74) is 0.956. The fraction of sp³-hybridized carbons (Fsp3) is 0.125. The Hall–Kier alpha value is -3.20. The second kappa shape index (κ2) is 6.99. The van der Waals surface area contributed by atoms with Crippen molar-refractivity contribution in [2.45, 2.75) is 0 Å². The molecule has 112 valence electrons. The van der Waals surface area contributed by atoms with E-state index < -0.39 is 0 Å². The molecule has 2 rings (SSSR count). The number of phenolic OH excluding ortho intramolecular Hbond substituents is 1. The zero-order chi connectivity index (χ0) is 15.9. The minimum Gasteiger partial charge on any atom is -0.504 e. The Morgan fingerprint density at radius 3 is 2.59 bits per heavy atom. The van der Waals surface area contributed by atoms with Crippen molar-refractivity contribution < 1.29 is 19.4 Å². The van der Waals surface area contributed by atoms with Gasteiger partial charge in [0.1, 0.15) is 5.75 Å². The number of carbonyl (C=O) groups excluding carboxylic acids is 1. The summed E-state index contributed by atoms with van der Waals surface area (Å²) < 4.78 is 10.2. The number of ether oxygens (including phenoxy) is 2. The van der Waals surface area contributed by atoms with Crippen LogP contribution in [0.4, 0.5) is 5.69 Å². The van der Waals surface area contributed by atoms with Gasteiger partial charge in [0.15, 0.2) is 18.1 Å². The summed E-state index contributed by atoms with van der Waals surface area (Å²) in [6, 6.07) is 13.0. The highest BCUT2D eigenvalue weighted by Crippen LogP contribution is 2.28. The second-order valence-corrected chi connectivity index (χ2v) is 4.36. The van der Waals surface area contributed by atoms with Crippen LogP contribution >= 0.6 is 0 Å². The second-order valence-electron chi connectivity index (χ2n) is 4.36. The Balaban J connectivity index is 1.90. The molecular weight excluding hydrogens is 284 g/mol. The first-order valence-corrected chi connectivity index (χ1v) is 6.42. The Morgan fingerprint density at radius 1 is 1.27 bits per heavy atom. The van der Waals surface area contributed by atoms with Gasteiger partial charge in [-0.25, -0.2) is 0 Å². The number of hydrogen-bond acceptors (Lipinski definition) is 5. The van der Waals surface area contributed by atoms with Crippen molar-refractivity contribution in [1.29, 1.82) is 5.26 Å². The summed E-state index contributed by atoms with van der Waals surface area (Å²) in [6.45, 7) is -0.182. The van der Waals surface area contributed by atoms with Crippen molar-refractivity contribution in [2.75, 3.05) is 19.0 Å². The molecule has 0 atom stereocenters. The van der Waals surface area contributed by atoms with Crippen LogP contribution < -0.4 is 14.8 Å². The Bertz CT molecular complexity index is 705. The number of carbonyl (C=O) groups is 1. The van der Waals surface area contributed by atoms with Gasteiger partial charge in [-0.1, -0.05) is 0 Å². The number of rotatable bonds is 5. The van der Waals surface area contributed by atoms with E-state index in [0.29, 0.717) is 22.7 Å². The number of nitrogens with zero attached hydrogens (tertiary/aromatic N) is 1. The van der Waals surface area contributed by atoms with E-state index >= 15 is 0 Å². The van der Waals surface area contributed by atoms with E-state index in [1.807, 2.05) is 6.07 Å². The van der Waals surface area contributed by atoms with Gasteiger partial charge in [-0.15, -0.1) is 0 Å². The zero-order valence-corrected chi connectivity index (χ0v) is 11.9. The molecule has 0 saturated heterocycles. The molecule has 0 bridgehead atoms. The summed E-state index contributed by atoms with van der Waals surface area (Å²) in [5, 5.41) is 20.9. The van der Waals surface area contributed by atoms with Crippen molar-refractivity contribution in [2.24, 2.45) is 0 Å². The molecular formula is C16H14N2O4. The fourth-order valence-electron chi connectivity index (χ4n) is 1.74. The quantitative estimate of drug-likeness (QED) is 0.883. The Labute approximate surface area is 127 Å². The number of amides is 1. The molecule has 0 aliphatic carbocycles. The molecule has 6 heteroatoms. The number of aromatic hydroxyl groups is 1. The lowest BCUT2D eigenvalue weighted by Gasteiger charge is -2.09. The van der Waals surface area contributed by atoms with Crippen LogP contribution in [0.1, 0.15) is 5.56 Å². The van der Waals surface area contributed by atoms with Gasteiger partial charge < -0.3 is 19.9 Å². The van der Waals surface area contributed by atoms with Gasteiger partial charge in [-0.05, 0) is 36.4 Å². The summed E-state index contributed by atoms with van der Waals surface area (Å²) in [4.78, 5) is 11.8. The summed E-state index contributed by atoms with van der Waals surface area (Å²) in [7, 11) is 1.44. The van der Waals surface area contributed by atoms with Gasteiger partial charge in [0.25, 0.3) is 5.91 Å². The fourth-order valence-corrected chi connectivity index (χ4v) is 1.74. The number of methoxy groups -OCH3 is 1. The minimum absolute atomic E-state index is 0.0617. The lowest BCUT2D eigenvalue weighted by Crippen LogP contribution is -2.20. The minimum atomic E-state index is -0.367. The third-order valence-corrected chi connectivity index (χ3v) is 2.82. The van der Waals surface area contributed by atoms with Crippen LogP contribution in [0.25, 0.3) is 0 Å². The van der Waals surface area contributed by atoms with Gasteiger partial charge in [-0.3, -0.25) is 4.79 Å². The molecule has 22 heavy (non-hydrogen) atoms. The molecule has 0 unspecified atom stereocenters. The van der Waals surface area contributed by atoms with E-state index in [1.54, 1.807) is 36.4 Å². The number of phenols is 1. The van der Waals surface area contributed by atoms with Crippen LogP contribution in [0.3, 0.4) is 0 Å². The maximum atomic E-state index is 11.8. The summed E-state index contributed by atoms with van der Waals surface area (Å²) in [5.74, 6) is 0.390. The highest BCUT2D eigenvalue weighted by Gasteiger charge is 2.07. The van der Waals surface area contributed by atoms with Crippen molar-refractivity contribution in [3.8, 4) is 23.3 Å². The van der Waals surface area contributed by atoms with E-state index in [2.05, 4.69) is 5.32 Å². The standard InChI is InChI=1S/C16H14N2O4/c1-21-15-7-4-12(8-14(15)19)18-16(20)10-22-13-5-2-11(9-17)3-6-13/h2-8,19H,10H2,1H3,(H,18,20). The lowest BCUT2D eigenvalue weighted by molar-refractivity contribution is -0.118. The Kier molecular flexibility index (Phi) is 4.83. The van der Waals surface area contributed by atoms with Gasteiger partial charge in [-0.2, -0.15) is 5.26 Å². The van der Waals surface area contributed by atoms with Crippen molar-refractivity contribution in [3.05, 3.63) is 48.0 Å². The van der Waals surface area contributed by atoms with E-state index in [1.165, 1.54) is 13.2 Å². The lowest BCUT2D eigenvalue weighted by atomic mass is 10.2. The molecule has 0 fully saturated rings. The first kappa shape index (κ1) is 15.2. The van der Waals surface area contributed by atoms with Gasteiger partial charge in [0.2, 0.25) is 0 Å². The van der Waals surface area contributed by atoms with Crippen molar-refractivity contribution >= 4 is 11.6 Å². The van der Waals surface area contributed by atoms with Crippen LogP contribution in [0.2, 0.25) is 0 Å². The van der Waals surface area contributed by atoms with Crippen molar-refractivity contribution in [3.63, 3.8) is 0 Å². The summed E-state index contributed by atoms with van der Waals surface area (Å²) >= 11 is 0. The molecule has 6 nitrogen and oxygen atoms in total. The van der Waals surface area contributed by atoms with E-state index in [0.717, 1.165) is 0 Å². The average Bonchev–Trinajstić information content (AvgIpc) is 2.53. The molecule has 0 radical (unpaired) electrons. The van der Waals surface area contributed by atoms with E-state index in [9.17, 15) is 9.90 Å². The molecule has 1 amide bonds. The molecule has 2 N–H and O–H groups in total. The SMILES string of the molecule is COc1ccc(NC(=O)COc2ccc(C#N)cc2)cc1O. The van der Waals surface area contributed by atoms with Gasteiger partial charge >= 0.3 is 0 Å². The molecule has 0 heterocycles. The predicted octanol–water partition coefficient (Wildman–Crippen LogP) is 2.29. The maximum absolute atomic E-state index is 11.8. The highest BCUT2D eigenvalue weighted by atomic mass is 16.5. The largest absolute Gasteiger partial charge is 0.504 e. The van der Waals surface area contributed by atoms with Crippen molar-refractivity contribution in [1.82, 2.24) is 0 Å². The molecule has 2 aromatic carbocycles. The smallest absolute Gasteiger partial charge is 0.262 e.